The number of pyridine rings is 2. The Labute approximate surface area is 246 Å². The minimum absolute atomic E-state index is 0.00204. The first kappa shape index (κ1) is 28.0. The van der Waals surface area contributed by atoms with Crippen LogP contribution in [0.4, 0.5) is 10.2 Å². The van der Waals surface area contributed by atoms with Gasteiger partial charge in [0.25, 0.3) is 0 Å². The number of fused-ring (bicyclic) bond motifs is 1. The molecule has 3 aromatic heterocycles. The number of aromatic nitrogens is 4. The number of sulfone groups is 1. The van der Waals surface area contributed by atoms with E-state index in [2.05, 4.69) is 21.5 Å². The Morgan fingerprint density at radius 3 is 2.62 bits per heavy atom. The van der Waals surface area contributed by atoms with E-state index in [1.54, 1.807) is 17.0 Å². The number of benzene rings is 1. The normalized spacial score (nSPS) is 17.5. The summed E-state index contributed by atoms with van der Waals surface area (Å²) < 4.78 is 42.8. The number of carbonyl (C=O) groups excluding carboxylic acids is 1. The van der Waals surface area contributed by atoms with Gasteiger partial charge in [0.15, 0.2) is 15.5 Å². The molecule has 1 amide bonds. The van der Waals surface area contributed by atoms with Crippen molar-refractivity contribution in [3.8, 4) is 16.9 Å². The topological polar surface area (TPSA) is 118 Å². The standard InChI is InChI=1S/C29H26ClFN6O4S/c1-3-25(38)35-12-13-36(17(2)16-35)27-20-14-21(30)26(19-6-4-5-7-22(19)31)33-28(20)37(29(39)34-27)23-15-32-11-10-24(23)42(40,41)18-8-9-18/h3-7,10-11,14-15,17-18H,1,8-9,12-13,16H2,2H3/t17-/m0/s1. The zero-order valence-corrected chi connectivity index (χ0v) is 24.1. The van der Waals surface area contributed by atoms with E-state index in [0.717, 1.165) is 4.57 Å². The van der Waals surface area contributed by atoms with Crippen molar-refractivity contribution in [1.29, 1.82) is 0 Å². The van der Waals surface area contributed by atoms with Crippen LogP contribution in [0.15, 0.2) is 71.1 Å². The molecular weight excluding hydrogens is 583 g/mol. The van der Waals surface area contributed by atoms with E-state index in [1.165, 1.54) is 42.7 Å². The second kappa shape index (κ2) is 10.6. The fraction of sp³-hybridized carbons (Fsp3) is 0.276. The molecule has 6 rings (SSSR count). The van der Waals surface area contributed by atoms with Gasteiger partial charge in [-0.05, 0) is 50.1 Å². The number of anilines is 1. The molecule has 216 valence electrons. The van der Waals surface area contributed by atoms with Crippen molar-refractivity contribution in [3.05, 3.63) is 82.8 Å². The van der Waals surface area contributed by atoms with Gasteiger partial charge < -0.3 is 9.80 Å². The zero-order valence-electron chi connectivity index (χ0n) is 22.6. The van der Waals surface area contributed by atoms with Crippen molar-refractivity contribution < 1.29 is 17.6 Å². The lowest BCUT2D eigenvalue weighted by molar-refractivity contribution is -0.126. The summed E-state index contributed by atoms with van der Waals surface area (Å²) in [6.45, 7) is 6.53. The second-order valence-corrected chi connectivity index (χ2v) is 12.9. The fourth-order valence-corrected chi connectivity index (χ4v) is 7.38. The van der Waals surface area contributed by atoms with E-state index in [-0.39, 0.29) is 50.3 Å². The lowest BCUT2D eigenvalue weighted by Gasteiger charge is -2.40. The van der Waals surface area contributed by atoms with Crippen LogP contribution in [0.5, 0.6) is 0 Å². The molecule has 2 aliphatic rings. The summed E-state index contributed by atoms with van der Waals surface area (Å²) in [7, 11) is -3.76. The first-order chi connectivity index (χ1) is 20.1. The molecule has 0 radical (unpaired) electrons. The predicted octanol–water partition coefficient (Wildman–Crippen LogP) is 3.79. The molecule has 1 aromatic carbocycles. The van der Waals surface area contributed by atoms with Crippen LogP contribution in [0.1, 0.15) is 19.8 Å². The molecular formula is C29H26ClFN6O4S. The number of hydrogen-bond donors (Lipinski definition) is 0. The number of rotatable bonds is 6. The number of nitrogens with zero attached hydrogens (tertiary/aromatic N) is 6. The van der Waals surface area contributed by atoms with Gasteiger partial charge in [0.05, 0.1) is 38.1 Å². The third-order valence-electron chi connectivity index (χ3n) is 7.59. The average molecular weight is 609 g/mol. The Balaban J connectivity index is 1.62. The monoisotopic (exact) mass is 608 g/mol. The molecule has 0 bridgehead atoms. The highest BCUT2D eigenvalue weighted by Crippen LogP contribution is 2.38. The highest BCUT2D eigenvalue weighted by molar-refractivity contribution is 7.92. The Bertz CT molecular complexity index is 1930. The third kappa shape index (κ3) is 4.74. The van der Waals surface area contributed by atoms with E-state index in [0.29, 0.717) is 37.9 Å². The summed E-state index contributed by atoms with van der Waals surface area (Å²) in [5.41, 5.74) is -0.544. The summed E-state index contributed by atoms with van der Waals surface area (Å²) in [5, 5.41) is -0.0701. The van der Waals surface area contributed by atoms with Gasteiger partial charge in [0.1, 0.15) is 11.6 Å². The van der Waals surface area contributed by atoms with Gasteiger partial charge in [0, 0.05) is 37.4 Å². The fourth-order valence-electron chi connectivity index (χ4n) is 5.33. The molecule has 4 aromatic rings. The number of piperazine rings is 1. The Morgan fingerprint density at radius 1 is 1.17 bits per heavy atom. The molecule has 4 heterocycles. The molecule has 10 nitrogen and oxygen atoms in total. The molecule has 13 heteroatoms. The largest absolute Gasteiger partial charge is 0.355 e. The van der Waals surface area contributed by atoms with Crippen molar-refractivity contribution in [3.63, 3.8) is 0 Å². The molecule has 1 atom stereocenters. The van der Waals surface area contributed by atoms with Crippen LogP contribution in [0.2, 0.25) is 5.02 Å². The SMILES string of the molecule is C=CC(=O)N1CCN(c2nc(=O)n(-c3cnccc3S(=O)(=O)C3CC3)c3nc(-c4ccccc4F)c(Cl)cc23)[C@@H](C)C1. The summed E-state index contributed by atoms with van der Waals surface area (Å²) in [4.78, 5) is 42.8. The van der Waals surface area contributed by atoms with Crippen LogP contribution in [-0.4, -0.2) is 69.7 Å². The number of halogens is 2. The van der Waals surface area contributed by atoms with Crippen LogP contribution < -0.4 is 10.6 Å². The van der Waals surface area contributed by atoms with E-state index in [9.17, 15) is 22.4 Å². The Hall–Kier alpha value is -4.16. The molecule has 1 saturated heterocycles. The lowest BCUT2D eigenvalue weighted by atomic mass is 10.1. The summed E-state index contributed by atoms with van der Waals surface area (Å²) in [6, 6.07) is 8.64. The first-order valence-electron chi connectivity index (χ1n) is 13.4. The van der Waals surface area contributed by atoms with Gasteiger partial charge in [-0.3, -0.25) is 9.78 Å². The summed E-state index contributed by atoms with van der Waals surface area (Å²) >= 11 is 6.70. The van der Waals surface area contributed by atoms with Crippen molar-refractivity contribution >= 4 is 44.2 Å². The number of carbonyl (C=O) groups is 1. The third-order valence-corrected chi connectivity index (χ3v) is 10.2. The van der Waals surface area contributed by atoms with Crippen LogP contribution in [0.25, 0.3) is 28.0 Å². The average Bonchev–Trinajstić information content (AvgIpc) is 3.83. The van der Waals surface area contributed by atoms with Gasteiger partial charge in [-0.1, -0.05) is 30.3 Å². The highest BCUT2D eigenvalue weighted by atomic mass is 35.5. The van der Waals surface area contributed by atoms with Gasteiger partial charge in [-0.15, -0.1) is 0 Å². The molecule has 0 unspecified atom stereocenters. The Kier molecular flexibility index (Phi) is 7.06. The van der Waals surface area contributed by atoms with Crippen molar-refractivity contribution in [1.82, 2.24) is 24.4 Å². The van der Waals surface area contributed by atoms with Crippen molar-refractivity contribution in [2.24, 2.45) is 0 Å². The van der Waals surface area contributed by atoms with E-state index >= 15 is 0 Å². The van der Waals surface area contributed by atoms with Crippen LogP contribution in [0, 0.1) is 5.82 Å². The van der Waals surface area contributed by atoms with Gasteiger partial charge in [-0.2, -0.15) is 4.98 Å². The summed E-state index contributed by atoms with van der Waals surface area (Å²) in [6.07, 6.45) is 4.96. The zero-order chi connectivity index (χ0) is 29.8. The van der Waals surface area contributed by atoms with E-state index < -0.39 is 26.6 Å². The molecule has 1 aliphatic carbocycles. The minimum Gasteiger partial charge on any atom is -0.350 e. The van der Waals surface area contributed by atoms with Gasteiger partial charge in [0.2, 0.25) is 5.91 Å². The maximum absolute atomic E-state index is 14.9. The van der Waals surface area contributed by atoms with Crippen molar-refractivity contribution in [2.75, 3.05) is 24.5 Å². The molecule has 0 spiro atoms. The van der Waals surface area contributed by atoms with Gasteiger partial charge in [-0.25, -0.2) is 27.2 Å². The Morgan fingerprint density at radius 2 is 1.93 bits per heavy atom. The highest BCUT2D eigenvalue weighted by Gasteiger charge is 2.39. The number of amides is 1. The smallest absolute Gasteiger partial charge is 0.350 e. The summed E-state index contributed by atoms with van der Waals surface area (Å²) in [5.74, 6) is -0.492. The molecule has 0 N–H and O–H groups in total. The minimum atomic E-state index is -3.76. The molecule has 1 saturated carbocycles. The maximum Gasteiger partial charge on any atom is 0.355 e. The van der Waals surface area contributed by atoms with Crippen LogP contribution in [0.3, 0.4) is 0 Å². The molecule has 42 heavy (non-hydrogen) atoms. The lowest BCUT2D eigenvalue weighted by Crippen LogP contribution is -2.54. The van der Waals surface area contributed by atoms with E-state index in [1.807, 2.05) is 11.8 Å². The predicted molar refractivity (Wildman–Crippen MR) is 157 cm³/mol. The quantitative estimate of drug-likeness (QED) is 0.303. The van der Waals surface area contributed by atoms with Crippen LogP contribution >= 0.6 is 11.6 Å². The second-order valence-electron chi connectivity index (χ2n) is 10.3. The molecule has 1 aliphatic heterocycles. The van der Waals surface area contributed by atoms with Gasteiger partial charge >= 0.3 is 5.69 Å². The van der Waals surface area contributed by atoms with Crippen molar-refractivity contribution in [2.45, 2.75) is 36.0 Å². The first-order valence-corrected chi connectivity index (χ1v) is 15.3. The number of hydrogen-bond acceptors (Lipinski definition) is 8. The molecule has 2 fully saturated rings. The van der Waals surface area contributed by atoms with E-state index in [4.69, 9.17) is 11.6 Å². The maximum atomic E-state index is 14.9. The van der Waals surface area contributed by atoms with Crippen LogP contribution in [-0.2, 0) is 14.6 Å².